The Kier molecular flexibility index (Phi) is 10.1. The van der Waals surface area contributed by atoms with Gasteiger partial charge >= 0.3 is 0 Å². The summed E-state index contributed by atoms with van der Waals surface area (Å²) >= 11 is 0. The van der Waals surface area contributed by atoms with Crippen molar-refractivity contribution in [3.05, 3.63) is 83.9 Å². The summed E-state index contributed by atoms with van der Waals surface area (Å²) in [5.41, 5.74) is 3.22. The van der Waals surface area contributed by atoms with Crippen molar-refractivity contribution in [1.82, 2.24) is 20.9 Å². The van der Waals surface area contributed by atoms with E-state index in [0.29, 0.717) is 38.6 Å². The van der Waals surface area contributed by atoms with E-state index in [1.807, 2.05) is 49.4 Å². The number of carbonyl (C=O) groups is 5. The summed E-state index contributed by atoms with van der Waals surface area (Å²) in [7, 11) is 0. The number of amides is 4. The molecule has 3 aliphatic rings. The van der Waals surface area contributed by atoms with E-state index in [2.05, 4.69) is 48.5 Å². The van der Waals surface area contributed by atoms with Crippen LogP contribution in [0.1, 0.15) is 56.7 Å². The largest absolute Gasteiger partial charge is 0.346 e. The minimum Gasteiger partial charge on any atom is -0.346 e. The van der Waals surface area contributed by atoms with Crippen LogP contribution < -0.4 is 16.0 Å². The number of benzene rings is 2. The van der Waals surface area contributed by atoms with Gasteiger partial charge in [-0.05, 0) is 65.5 Å². The third-order valence-corrected chi connectivity index (χ3v) is 10.2. The van der Waals surface area contributed by atoms with Gasteiger partial charge in [-0.2, -0.15) is 0 Å². The van der Waals surface area contributed by atoms with Crippen LogP contribution in [0.3, 0.4) is 0 Å². The van der Waals surface area contributed by atoms with Gasteiger partial charge in [0.2, 0.25) is 23.5 Å². The summed E-state index contributed by atoms with van der Waals surface area (Å²) in [6.07, 6.45) is 4.46. The Balaban J connectivity index is 1.36. The number of Topliss-reactive ketones (excluding diaryl/α,β-unsaturated/α-hetero) is 1. The Labute approximate surface area is 271 Å². The van der Waals surface area contributed by atoms with E-state index in [1.165, 1.54) is 17.2 Å². The minimum absolute atomic E-state index is 0.0846. The average molecular weight is 627 g/mol. The van der Waals surface area contributed by atoms with E-state index in [9.17, 15) is 24.0 Å². The normalized spacial score (nSPS) is 22.2. The number of hydrogen-bond acceptors (Lipinski definition) is 5. The lowest BCUT2D eigenvalue weighted by Crippen LogP contribution is -2.59. The smallest absolute Gasteiger partial charge is 0.289 e. The predicted molar refractivity (Wildman–Crippen MR) is 175 cm³/mol. The highest BCUT2D eigenvalue weighted by molar-refractivity contribution is 6.38. The van der Waals surface area contributed by atoms with Crippen LogP contribution in [0.4, 0.5) is 0 Å². The zero-order chi connectivity index (χ0) is 33.0. The summed E-state index contributed by atoms with van der Waals surface area (Å²) < 4.78 is 0. The van der Waals surface area contributed by atoms with Crippen LogP contribution in [0.15, 0.2) is 67.3 Å². The van der Waals surface area contributed by atoms with Crippen molar-refractivity contribution >= 4 is 29.4 Å². The number of fused-ring (bicyclic) bond motifs is 2. The number of ketones is 1. The van der Waals surface area contributed by atoms with Crippen LogP contribution in [-0.2, 0) is 43.2 Å². The van der Waals surface area contributed by atoms with Gasteiger partial charge in [0.05, 0.1) is 6.04 Å². The maximum absolute atomic E-state index is 14.5. The van der Waals surface area contributed by atoms with E-state index in [-0.39, 0.29) is 47.9 Å². The molecule has 4 amide bonds. The standard InChI is InChI=1S/C37H46N4O5/c1-5-12-28(33(43)35(45)38-19-6-2)39-34(44)32-30-27(37(30,3)4)22-41(32)36(46)31(26-20-24-15-10-11-16-25(24)21-26)40-29(42)18-17-23-13-8-7-9-14-23/h6-11,13-16,26-28,30-32H,2,5,12,17-22H2,1,3-4H3,(H,38,45)(H,39,44)(H,40,42)/t27-,28?,30-,31+,32?/m1/s1. The van der Waals surface area contributed by atoms with Gasteiger partial charge in [0.1, 0.15) is 12.1 Å². The van der Waals surface area contributed by atoms with Gasteiger partial charge in [-0.3, -0.25) is 24.0 Å². The predicted octanol–water partition coefficient (Wildman–Crippen LogP) is 3.16. The van der Waals surface area contributed by atoms with E-state index in [4.69, 9.17) is 0 Å². The highest BCUT2D eigenvalue weighted by atomic mass is 16.2. The van der Waals surface area contributed by atoms with Crippen LogP contribution in [-0.4, -0.2) is 65.5 Å². The number of nitrogens with one attached hydrogen (secondary N) is 3. The van der Waals surface area contributed by atoms with E-state index >= 15 is 0 Å². The molecule has 0 bridgehead atoms. The lowest BCUT2D eigenvalue weighted by Gasteiger charge is -2.35. The van der Waals surface area contributed by atoms with E-state index in [0.717, 1.165) is 5.56 Å². The Hall–Kier alpha value is -4.27. The molecule has 2 fully saturated rings. The number of rotatable bonds is 14. The van der Waals surface area contributed by atoms with Crippen molar-refractivity contribution < 1.29 is 24.0 Å². The molecule has 9 nitrogen and oxygen atoms in total. The molecule has 2 unspecified atom stereocenters. The second-order valence-electron chi connectivity index (χ2n) is 13.6. The molecule has 2 aromatic rings. The fraction of sp³-hybridized carbons (Fsp3) is 0.486. The Morgan fingerprint density at radius 1 is 0.978 bits per heavy atom. The van der Waals surface area contributed by atoms with Gasteiger partial charge in [0, 0.05) is 19.5 Å². The van der Waals surface area contributed by atoms with Crippen molar-refractivity contribution in [2.24, 2.45) is 23.2 Å². The fourth-order valence-electron chi connectivity index (χ4n) is 7.57. The van der Waals surface area contributed by atoms with Crippen LogP contribution in [0.5, 0.6) is 0 Å². The maximum Gasteiger partial charge on any atom is 0.289 e. The van der Waals surface area contributed by atoms with Crippen LogP contribution >= 0.6 is 0 Å². The number of nitrogens with zero attached hydrogens (tertiary/aromatic N) is 1. The second-order valence-corrected chi connectivity index (χ2v) is 13.6. The topological polar surface area (TPSA) is 125 Å². The molecule has 0 aromatic heterocycles. The van der Waals surface area contributed by atoms with E-state index in [1.54, 1.807) is 4.90 Å². The first-order valence-electron chi connectivity index (χ1n) is 16.5. The number of carbonyl (C=O) groups excluding carboxylic acids is 5. The summed E-state index contributed by atoms with van der Waals surface area (Å²) in [4.78, 5) is 69.0. The molecule has 1 saturated heterocycles. The van der Waals surface area contributed by atoms with Gasteiger partial charge < -0.3 is 20.9 Å². The van der Waals surface area contributed by atoms with Crippen molar-refractivity contribution in [2.45, 2.75) is 77.4 Å². The molecule has 5 rings (SSSR count). The molecular weight excluding hydrogens is 580 g/mol. The fourth-order valence-corrected chi connectivity index (χ4v) is 7.57. The molecule has 9 heteroatoms. The van der Waals surface area contributed by atoms with Crippen molar-refractivity contribution in [3.8, 4) is 0 Å². The molecule has 1 saturated carbocycles. The monoisotopic (exact) mass is 626 g/mol. The highest BCUT2D eigenvalue weighted by Crippen LogP contribution is 2.65. The molecule has 0 spiro atoms. The van der Waals surface area contributed by atoms with E-state index < -0.39 is 35.7 Å². The first kappa shape index (κ1) is 33.1. The van der Waals surface area contributed by atoms with Gasteiger partial charge in [0.15, 0.2) is 0 Å². The molecular formula is C37H46N4O5. The molecule has 2 aromatic carbocycles. The minimum atomic E-state index is -1.00. The molecule has 3 N–H and O–H groups in total. The van der Waals surface area contributed by atoms with Crippen LogP contribution in [0.25, 0.3) is 0 Å². The first-order valence-corrected chi connectivity index (χ1v) is 16.5. The molecule has 0 radical (unpaired) electrons. The third-order valence-electron chi connectivity index (χ3n) is 10.2. The summed E-state index contributed by atoms with van der Waals surface area (Å²) in [6, 6.07) is 15.3. The summed E-state index contributed by atoms with van der Waals surface area (Å²) in [5, 5.41) is 8.43. The maximum atomic E-state index is 14.5. The number of piperidine rings is 1. The van der Waals surface area contributed by atoms with Gasteiger partial charge in [-0.25, -0.2) is 0 Å². The van der Waals surface area contributed by atoms with Crippen LogP contribution in [0.2, 0.25) is 0 Å². The molecule has 5 atom stereocenters. The number of likely N-dealkylation sites (tertiary alicyclic amines) is 1. The lowest BCUT2D eigenvalue weighted by atomic mass is 9.93. The van der Waals surface area contributed by atoms with Crippen molar-refractivity contribution in [2.75, 3.05) is 13.1 Å². The SMILES string of the molecule is C=CCNC(=O)C(=O)C(CCC)NC(=O)C1[C@H]2[C@@H](CN1C(=O)[C@@H](NC(=O)CCc1ccccc1)C1Cc3ccccc3C1)C2(C)C. The van der Waals surface area contributed by atoms with Crippen molar-refractivity contribution in [1.29, 1.82) is 0 Å². The molecule has 1 aliphatic heterocycles. The zero-order valence-electron chi connectivity index (χ0n) is 27.1. The summed E-state index contributed by atoms with van der Waals surface area (Å²) in [5.74, 6) is -2.51. The average Bonchev–Trinajstić information content (AvgIpc) is 3.41. The molecule has 244 valence electrons. The zero-order valence-corrected chi connectivity index (χ0v) is 27.1. The molecule has 1 heterocycles. The van der Waals surface area contributed by atoms with Crippen LogP contribution in [0, 0.1) is 23.2 Å². The highest BCUT2D eigenvalue weighted by Gasteiger charge is 2.69. The van der Waals surface area contributed by atoms with Crippen molar-refractivity contribution in [3.63, 3.8) is 0 Å². The molecule has 46 heavy (non-hydrogen) atoms. The lowest BCUT2D eigenvalue weighted by molar-refractivity contribution is -0.145. The van der Waals surface area contributed by atoms with Gasteiger partial charge in [-0.15, -0.1) is 6.58 Å². The second kappa shape index (κ2) is 14.0. The number of aryl methyl sites for hydroxylation is 1. The third kappa shape index (κ3) is 6.93. The number of hydrogen-bond donors (Lipinski definition) is 3. The molecule has 2 aliphatic carbocycles. The Morgan fingerprint density at radius 3 is 2.26 bits per heavy atom. The Bertz CT molecular complexity index is 1460. The first-order chi connectivity index (χ1) is 22.1. The quantitative estimate of drug-likeness (QED) is 0.220. The van der Waals surface area contributed by atoms with Gasteiger partial charge in [0.25, 0.3) is 5.91 Å². The Morgan fingerprint density at radius 2 is 1.63 bits per heavy atom. The summed E-state index contributed by atoms with van der Waals surface area (Å²) in [6.45, 7) is 10.2. The van der Waals surface area contributed by atoms with Gasteiger partial charge in [-0.1, -0.05) is 87.9 Å².